The number of ether oxygens (including phenoxy) is 2. The molecule has 35 heavy (non-hydrogen) atoms. The summed E-state index contributed by atoms with van der Waals surface area (Å²) in [6.45, 7) is 4.15. The first kappa shape index (κ1) is 24.2. The Bertz CT molecular complexity index is 1230. The number of hydrogen-bond acceptors (Lipinski definition) is 7. The summed E-state index contributed by atoms with van der Waals surface area (Å²) in [6, 6.07) is 11.1. The van der Waals surface area contributed by atoms with Crippen molar-refractivity contribution in [3.63, 3.8) is 0 Å². The number of amides is 3. The van der Waals surface area contributed by atoms with Gasteiger partial charge in [0.25, 0.3) is 0 Å². The summed E-state index contributed by atoms with van der Waals surface area (Å²) in [7, 11) is 0. The minimum atomic E-state index is -0.316. The van der Waals surface area contributed by atoms with E-state index < -0.39 is 0 Å². The zero-order chi connectivity index (χ0) is 24.8. The lowest BCUT2D eigenvalue weighted by atomic mass is 10.1. The minimum Gasteiger partial charge on any atom is -0.454 e. The Morgan fingerprint density at radius 1 is 1.06 bits per heavy atom. The molecule has 4 rings (SSSR count). The molecule has 0 unspecified atom stereocenters. The molecule has 3 amide bonds. The summed E-state index contributed by atoms with van der Waals surface area (Å²) >= 11 is 1.30. The third-order valence-electron chi connectivity index (χ3n) is 5.64. The summed E-state index contributed by atoms with van der Waals surface area (Å²) in [5.74, 6) is 0.377. The Balaban J connectivity index is 1.41. The molecule has 9 nitrogen and oxygen atoms in total. The normalized spacial score (nSPS) is 11.7. The van der Waals surface area contributed by atoms with Crippen LogP contribution in [0, 0.1) is 13.8 Å². The number of fused-ring (bicyclic) bond motifs is 1. The molecule has 0 atom stereocenters. The summed E-state index contributed by atoms with van der Waals surface area (Å²) < 4.78 is 10.7. The number of anilines is 2. The van der Waals surface area contributed by atoms with Gasteiger partial charge in [-0.15, -0.1) is 11.3 Å². The van der Waals surface area contributed by atoms with Gasteiger partial charge in [0, 0.05) is 36.7 Å². The van der Waals surface area contributed by atoms with Gasteiger partial charge in [0.15, 0.2) is 16.6 Å². The molecule has 0 aliphatic carbocycles. The predicted molar refractivity (Wildman–Crippen MR) is 133 cm³/mol. The highest BCUT2D eigenvalue weighted by molar-refractivity contribution is 7.13. The van der Waals surface area contributed by atoms with Crippen molar-refractivity contribution in [2.45, 2.75) is 33.2 Å². The Morgan fingerprint density at radius 2 is 1.89 bits per heavy atom. The largest absolute Gasteiger partial charge is 0.454 e. The van der Waals surface area contributed by atoms with E-state index in [9.17, 15) is 14.4 Å². The smallest absolute Gasteiger partial charge is 0.240 e. The fraction of sp³-hybridized carbons (Fsp3) is 0.280. The lowest BCUT2D eigenvalue weighted by molar-refractivity contribution is -0.125. The van der Waals surface area contributed by atoms with Crippen molar-refractivity contribution in [2.75, 3.05) is 23.6 Å². The molecule has 0 saturated heterocycles. The summed E-state index contributed by atoms with van der Waals surface area (Å²) in [6.07, 6.45) is 1.54. The number of hydrogen-bond donors (Lipinski definition) is 2. The summed E-state index contributed by atoms with van der Waals surface area (Å²) in [5, 5.41) is 7.77. The van der Waals surface area contributed by atoms with Gasteiger partial charge in [0.1, 0.15) is 6.54 Å². The van der Waals surface area contributed by atoms with Crippen molar-refractivity contribution in [1.29, 1.82) is 0 Å². The van der Waals surface area contributed by atoms with Crippen LogP contribution in [0.15, 0.2) is 48.0 Å². The number of carbonyl (C=O) groups is 3. The van der Waals surface area contributed by atoms with Crippen LogP contribution in [0.4, 0.5) is 10.8 Å². The van der Waals surface area contributed by atoms with Crippen molar-refractivity contribution in [3.05, 3.63) is 64.7 Å². The van der Waals surface area contributed by atoms with E-state index in [0.29, 0.717) is 22.3 Å². The monoisotopic (exact) mass is 494 g/mol. The van der Waals surface area contributed by atoms with Crippen LogP contribution < -0.4 is 25.0 Å². The van der Waals surface area contributed by atoms with Crippen LogP contribution in [0.25, 0.3) is 0 Å². The first-order valence-electron chi connectivity index (χ1n) is 11.1. The number of aromatic nitrogens is 1. The molecule has 182 valence electrons. The Kier molecular flexibility index (Phi) is 7.61. The molecule has 0 radical (unpaired) electrons. The van der Waals surface area contributed by atoms with Crippen LogP contribution in [0.5, 0.6) is 11.5 Å². The fourth-order valence-electron chi connectivity index (χ4n) is 3.61. The molecule has 1 aromatic heterocycles. The van der Waals surface area contributed by atoms with E-state index in [-0.39, 0.29) is 50.4 Å². The zero-order valence-electron chi connectivity index (χ0n) is 19.5. The van der Waals surface area contributed by atoms with E-state index in [4.69, 9.17) is 9.47 Å². The number of benzene rings is 2. The van der Waals surface area contributed by atoms with Crippen molar-refractivity contribution in [1.82, 2.24) is 10.3 Å². The topological polar surface area (TPSA) is 110 Å². The van der Waals surface area contributed by atoms with E-state index >= 15 is 0 Å². The predicted octanol–water partition coefficient (Wildman–Crippen LogP) is 3.56. The second kappa shape index (κ2) is 11.0. The second-order valence-electron chi connectivity index (χ2n) is 8.05. The fourth-order valence-corrected chi connectivity index (χ4v) is 4.15. The SMILES string of the molecule is Cc1cccc(N(CC(=O)NCc2ccc3c(c2)OCO3)C(=O)CCC(=O)Nc2nccs2)c1C. The van der Waals surface area contributed by atoms with Gasteiger partial charge < -0.3 is 25.0 Å². The number of nitrogens with one attached hydrogen (secondary N) is 2. The second-order valence-corrected chi connectivity index (χ2v) is 8.94. The van der Waals surface area contributed by atoms with E-state index in [2.05, 4.69) is 15.6 Å². The molecular weight excluding hydrogens is 468 g/mol. The highest BCUT2D eigenvalue weighted by atomic mass is 32.1. The molecule has 1 aliphatic rings. The molecule has 0 bridgehead atoms. The first-order chi connectivity index (χ1) is 16.9. The van der Waals surface area contributed by atoms with Crippen molar-refractivity contribution >= 4 is 39.9 Å². The number of carbonyl (C=O) groups excluding carboxylic acids is 3. The molecule has 2 N–H and O–H groups in total. The molecular formula is C25H26N4O5S. The molecule has 1 aliphatic heterocycles. The number of rotatable bonds is 9. The molecule has 10 heteroatoms. The highest BCUT2D eigenvalue weighted by Gasteiger charge is 2.22. The van der Waals surface area contributed by atoms with Gasteiger partial charge in [-0.2, -0.15) is 0 Å². The van der Waals surface area contributed by atoms with E-state index in [1.807, 2.05) is 38.1 Å². The molecule has 3 aromatic rings. The van der Waals surface area contributed by atoms with Gasteiger partial charge in [-0.1, -0.05) is 18.2 Å². The lowest BCUT2D eigenvalue weighted by Crippen LogP contribution is -2.41. The van der Waals surface area contributed by atoms with Gasteiger partial charge >= 0.3 is 0 Å². The van der Waals surface area contributed by atoms with Gasteiger partial charge in [0.2, 0.25) is 24.5 Å². The van der Waals surface area contributed by atoms with Gasteiger partial charge in [-0.3, -0.25) is 14.4 Å². The number of thiazole rings is 1. The average Bonchev–Trinajstić information content (AvgIpc) is 3.53. The van der Waals surface area contributed by atoms with Crippen LogP contribution in [0.2, 0.25) is 0 Å². The molecule has 0 saturated carbocycles. The van der Waals surface area contributed by atoms with Crippen LogP contribution in [0.3, 0.4) is 0 Å². The highest BCUT2D eigenvalue weighted by Crippen LogP contribution is 2.32. The Labute approximate surface area is 207 Å². The van der Waals surface area contributed by atoms with E-state index in [0.717, 1.165) is 16.7 Å². The maximum atomic E-state index is 13.2. The molecule has 0 fully saturated rings. The molecule has 2 heterocycles. The van der Waals surface area contributed by atoms with Crippen molar-refractivity contribution in [3.8, 4) is 11.5 Å². The maximum Gasteiger partial charge on any atom is 0.240 e. The Morgan fingerprint density at radius 3 is 2.69 bits per heavy atom. The van der Waals surface area contributed by atoms with Crippen LogP contribution in [-0.4, -0.2) is 36.0 Å². The van der Waals surface area contributed by atoms with Gasteiger partial charge in [0.05, 0.1) is 0 Å². The first-order valence-corrected chi connectivity index (χ1v) is 12.0. The van der Waals surface area contributed by atoms with Crippen LogP contribution in [-0.2, 0) is 20.9 Å². The Hall–Kier alpha value is -3.92. The third-order valence-corrected chi connectivity index (χ3v) is 6.33. The van der Waals surface area contributed by atoms with Crippen LogP contribution >= 0.6 is 11.3 Å². The summed E-state index contributed by atoms with van der Waals surface area (Å²) in [4.78, 5) is 43.7. The lowest BCUT2D eigenvalue weighted by Gasteiger charge is -2.25. The third kappa shape index (κ3) is 6.15. The van der Waals surface area contributed by atoms with Gasteiger partial charge in [-0.25, -0.2) is 4.98 Å². The van der Waals surface area contributed by atoms with Crippen molar-refractivity contribution in [2.24, 2.45) is 0 Å². The average molecular weight is 495 g/mol. The van der Waals surface area contributed by atoms with Crippen LogP contribution in [0.1, 0.15) is 29.5 Å². The van der Waals surface area contributed by atoms with E-state index in [1.165, 1.54) is 16.2 Å². The minimum absolute atomic E-state index is 0.0153. The molecule has 0 spiro atoms. The number of nitrogens with zero attached hydrogens (tertiary/aromatic N) is 2. The van der Waals surface area contributed by atoms with Crippen molar-refractivity contribution < 1.29 is 23.9 Å². The quantitative estimate of drug-likeness (QED) is 0.471. The number of aryl methyl sites for hydroxylation is 1. The molecule has 2 aromatic carbocycles. The zero-order valence-corrected chi connectivity index (χ0v) is 20.3. The standard InChI is InChI=1S/C25H26N4O5S/c1-16-4-3-5-19(17(16)2)29(24(32)9-8-22(30)28-25-26-10-11-35-25)14-23(31)27-13-18-6-7-20-21(12-18)34-15-33-20/h3-7,10-12H,8-9,13-15H2,1-2H3,(H,27,31)(H,26,28,30). The summed E-state index contributed by atoms with van der Waals surface area (Å²) in [5.41, 5.74) is 3.40. The van der Waals surface area contributed by atoms with Gasteiger partial charge in [-0.05, 0) is 48.7 Å². The van der Waals surface area contributed by atoms with E-state index in [1.54, 1.807) is 23.7 Å². The maximum absolute atomic E-state index is 13.2.